The zero-order chi connectivity index (χ0) is 21.0. The second-order valence-corrected chi connectivity index (χ2v) is 7.48. The zero-order valence-corrected chi connectivity index (χ0v) is 17.8. The summed E-state index contributed by atoms with van der Waals surface area (Å²) in [6, 6.07) is 13.5. The molecular weight excluding hydrogens is 378 g/mol. The molecule has 1 amide bonds. The number of nitrogens with one attached hydrogen (secondary N) is 3. The lowest BCUT2D eigenvalue weighted by Crippen LogP contribution is -2.44. The Hall–Kier alpha value is -2.80. The van der Waals surface area contributed by atoms with Gasteiger partial charge in [0.15, 0.2) is 5.96 Å². The summed E-state index contributed by atoms with van der Waals surface area (Å²) in [6.45, 7) is 4.27. The van der Waals surface area contributed by atoms with Crippen molar-refractivity contribution in [2.75, 3.05) is 39.8 Å². The maximum absolute atomic E-state index is 12.1. The summed E-state index contributed by atoms with van der Waals surface area (Å²) >= 11 is 0. The van der Waals surface area contributed by atoms with E-state index in [1.807, 2.05) is 42.5 Å². The number of benzene rings is 1. The molecule has 0 aliphatic carbocycles. The van der Waals surface area contributed by atoms with Gasteiger partial charge in [0.1, 0.15) is 5.76 Å². The fraction of sp³-hybridized carbons (Fsp3) is 0.478. The predicted octanol–water partition coefficient (Wildman–Crippen LogP) is 2.79. The molecule has 162 valence electrons. The molecule has 1 aromatic carbocycles. The molecular formula is C23H33N5O2. The summed E-state index contributed by atoms with van der Waals surface area (Å²) < 4.78 is 5.70. The standard InChI is InChI=1S/C23H33N5O2/c1-24-23(26-14-9-13-25-22(29)19-10-4-2-5-11-19)27-18-20(21-12-8-17-30-21)28-15-6-3-7-16-28/h2,4-5,8,10-12,17,20H,3,6-7,9,13-16,18H2,1H3,(H,25,29)(H2,24,26,27). The van der Waals surface area contributed by atoms with E-state index in [9.17, 15) is 4.79 Å². The molecule has 3 rings (SSSR count). The van der Waals surface area contributed by atoms with Crippen LogP contribution in [0.2, 0.25) is 0 Å². The number of nitrogens with zero attached hydrogens (tertiary/aromatic N) is 2. The van der Waals surface area contributed by atoms with E-state index in [1.165, 1.54) is 19.3 Å². The van der Waals surface area contributed by atoms with E-state index in [-0.39, 0.29) is 11.9 Å². The van der Waals surface area contributed by atoms with Crippen molar-refractivity contribution in [1.82, 2.24) is 20.9 Å². The van der Waals surface area contributed by atoms with Gasteiger partial charge < -0.3 is 20.4 Å². The average molecular weight is 412 g/mol. The Morgan fingerprint density at radius 2 is 1.80 bits per heavy atom. The van der Waals surface area contributed by atoms with Gasteiger partial charge in [-0.1, -0.05) is 24.6 Å². The van der Waals surface area contributed by atoms with Gasteiger partial charge in [0.2, 0.25) is 0 Å². The fourth-order valence-electron chi connectivity index (χ4n) is 3.72. The van der Waals surface area contributed by atoms with Crippen LogP contribution in [-0.2, 0) is 0 Å². The van der Waals surface area contributed by atoms with E-state index < -0.39 is 0 Å². The first kappa shape index (κ1) is 21.9. The van der Waals surface area contributed by atoms with Gasteiger partial charge in [-0.15, -0.1) is 0 Å². The number of carbonyl (C=O) groups excluding carboxylic acids is 1. The van der Waals surface area contributed by atoms with E-state index in [0.29, 0.717) is 12.1 Å². The third kappa shape index (κ3) is 6.62. The first-order chi connectivity index (χ1) is 14.8. The van der Waals surface area contributed by atoms with E-state index in [4.69, 9.17) is 4.42 Å². The van der Waals surface area contributed by atoms with Gasteiger partial charge in [0.05, 0.1) is 12.3 Å². The Labute approximate surface area is 178 Å². The number of hydrogen-bond acceptors (Lipinski definition) is 4. The van der Waals surface area contributed by atoms with Gasteiger partial charge in [-0.05, 0) is 56.6 Å². The van der Waals surface area contributed by atoms with Crippen LogP contribution in [0.3, 0.4) is 0 Å². The molecule has 0 saturated carbocycles. The normalized spacial score (nSPS) is 16.1. The first-order valence-corrected chi connectivity index (χ1v) is 10.8. The number of hydrogen-bond donors (Lipinski definition) is 3. The molecule has 2 aromatic rings. The largest absolute Gasteiger partial charge is 0.468 e. The van der Waals surface area contributed by atoms with Crippen LogP contribution in [-0.4, -0.2) is 56.5 Å². The van der Waals surface area contributed by atoms with Crippen molar-refractivity contribution in [3.8, 4) is 0 Å². The van der Waals surface area contributed by atoms with Crippen LogP contribution in [0.1, 0.15) is 47.8 Å². The Morgan fingerprint density at radius 1 is 1.03 bits per heavy atom. The van der Waals surface area contributed by atoms with Crippen molar-refractivity contribution in [1.29, 1.82) is 0 Å². The number of furan rings is 1. The maximum Gasteiger partial charge on any atom is 0.251 e. The lowest BCUT2D eigenvalue weighted by Gasteiger charge is -2.33. The van der Waals surface area contributed by atoms with E-state index in [2.05, 4.69) is 25.8 Å². The molecule has 1 aliphatic heterocycles. The highest BCUT2D eigenvalue weighted by atomic mass is 16.3. The third-order valence-electron chi connectivity index (χ3n) is 5.36. The summed E-state index contributed by atoms with van der Waals surface area (Å²) in [5.41, 5.74) is 0.685. The van der Waals surface area contributed by atoms with Crippen LogP contribution in [0.25, 0.3) is 0 Å². The highest BCUT2D eigenvalue weighted by Crippen LogP contribution is 2.24. The van der Waals surface area contributed by atoms with E-state index in [0.717, 1.165) is 44.3 Å². The van der Waals surface area contributed by atoms with E-state index >= 15 is 0 Å². The van der Waals surface area contributed by atoms with Crippen molar-refractivity contribution in [3.05, 3.63) is 60.1 Å². The molecule has 7 heteroatoms. The Balaban J connectivity index is 1.39. The molecule has 1 saturated heterocycles. The molecule has 1 unspecified atom stereocenters. The van der Waals surface area contributed by atoms with Crippen molar-refractivity contribution >= 4 is 11.9 Å². The molecule has 2 heterocycles. The van der Waals surface area contributed by atoms with Crippen LogP contribution < -0.4 is 16.0 Å². The second-order valence-electron chi connectivity index (χ2n) is 7.48. The molecule has 1 aliphatic rings. The summed E-state index contributed by atoms with van der Waals surface area (Å²) in [6.07, 6.45) is 6.33. The highest BCUT2D eigenvalue weighted by Gasteiger charge is 2.24. The summed E-state index contributed by atoms with van der Waals surface area (Å²) in [5.74, 6) is 1.71. The van der Waals surface area contributed by atoms with Crippen molar-refractivity contribution in [2.24, 2.45) is 4.99 Å². The quantitative estimate of drug-likeness (QED) is 0.336. The zero-order valence-electron chi connectivity index (χ0n) is 17.8. The number of carbonyl (C=O) groups is 1. The molecule has 3 N–H and O–H groups in total. The van der Waals surface area contributed by atoms with Gasteiger partial charge in [0.25, 0.3) is 5.91 Å². The average Bonchev–Trinajstić information content (AvgIpc) is 3.33. The van der Waals surface area contributed by atoms with Crippen LogP contribution >= 0.6 is 0 Å². The molecule has 1 aromatic heterocycles. The topological polar surface area (TPSA) is 81.9 Å². The molecule has 1 fully saturated rings. The Kier molecular flexibility index (Phi) is 8.78. The van der Waals surface area contributed by atoms with Crippen LogP contribution in [0.4, 0.5) is 0 Å². The minimum Gasteiger partial charge on any atom is -0.468 e. The SMILES string of the molecule is CN=C(NCCCNC(=O)c1ccccc1)NCC(c1ccco1)N1CCCCC1. The lowest BCUT2D eigenvalue weighted by molar-refractivity contribution is 0.0953. The smallest absolute Gasteiger partial charge is 0.251 e. The molecule has 0 bridgehead atoms. The third-order valence-corrected chi connectivity index (χ3v) is 5.36. The monoisotopic (exact) mass is 411 g/mol. The van der Waals surface area contributed by atoms with Crippen LogP contribution in [0, 0.1) is 0 Å². The lowest BCUT2D eigenvalue weighted by atomic mass is 10.1. The van der Waals surface area contributed by atoms with Crippen molar-refractivity contribution < 1.29 is 9.21 Å². The van der Waals surface area contributed by atoms with Gasteiger partial charge >= 0.3 is 0 Å². The number of piperidine rings is 1. The number of aliphatic imine (C=N–C) groups is 1. The second kappa shape index (κ2) is 12.0. The number of guanidine groups is 1. The number of rotatable bonds is 9. The van der Waals surface area contributed by atoms with Gasteiger partial charge in [-0.3, -0.25) is 14.7 Å². The van der Waals surface area contributed by atoms with Gasteiger partial charge in [-0.25, -0.2) is 0 Å². The van der Waals surface area contributed by atoms with Crippen molar-refractivity contribution in [3.63, 3.8) is 0 Å². The molecule has 0 radical (unpaired) electrons. The highest BCUT2D eigenvalue weighted by molar-refractivity contribution is 5.94. The van der Waals surface area contributed by atoms with Crippen LogP contribution in [0.5, 0.6) is 0 Å². The Bertz CT molecular complexity index is 770. The fourth-order valence-corrected chi connectivity index (χ4v) is 3.72. The summed E-state index contributed by atoms with van der Waals surface area (Å²) in [5, 5.41) is 9.70. The maximum atomic E-state index is 12.1. The molecule has 0 spiro atoms. The number of amides is 1. The predicted molar refractivity (Wildman–Crippen MR) is 120 cm³/mol. The molecule has 1 atom stereocenters. The van der Waals surface area contributed by atoms with Crippen molar-refractivity contribution in [2.45, 2.75) is 31.7 Å². The summed E-state index contributed by atoms with van der Waals surface area (Å²) in [7, 11) is 1.77. The first-order valence-electron chi connectivity index (χ1n) is 10.8. The van der Waals surface area contributed by atoms with Gasteiger partial charge in [0, 0.05) is 32.2 Å². The van der Waals surface area contributed by atoms with Crippen LogP contribution in [0.15, 0.2) is 58.1 Å². The van der Waals surface area contributed by atoms with Gasteiger partial charge in [-0.2, -0.15) is 0 Å². The van der Waals surface area contributed by atoms with E-state index in [1.54, 1.807) is 13.3 Å². The molecule has 30 heavy (non-hydrogen) atoms. The Morgan fingerprint density at radius 3 is 2.50 bits per heavy atom. The summed E-state index contributed by atoms with van der Waals surface area (Å²) in [4.78, 5) is 18.9. The number of likely N-dealkylation sites (tertiary alicyclic amines) is 1. The minimum atomic E-state index is -0.0408. The molecule has 7 nitrogen and oxygen atoms in total. The minimum absolute atomic E-state index is 0.0408.